The minimum atomic E-state index is -0.00910. The summed E-state index contributed by atoms with van der Waals surface area (Å²) in [5.41, 5.74) is 5.94. The lowest BCUT2D eigenvalue weighted by Gasteiger charge is -2.19. The lowest BCUT2D eigenvalue weighted by molar-refractivity contribution is 0.415. The zero-order chi connectivity index (χ0) is 24.0. The molecule has 5 rings (SSSR count). The molecule has 35 heavy (non-hydrogen) atoms. The van der Waals surface area contributed by atoms with Crippen molar-refractivity contribution in [2.45, 2.75) is 19.3 Å². The number of nitrogens with zero attached hydrogens (tertiary/aromatic N) is 2. The molecule has 1 aliphatic rings. The molecule has 168 valence electrons. The van der Waals surface area contributed by atoms with Gasteiger partial charge >= 0.3 is 0 Å². The Kier molecular flexibility index (Phi) is 6.42. The monoisotopic (exact) mass is 452 g/mol. The summed E-state index contributed by atoms with van der Waals surface area (Å²) in [4.78, 5) is 9.29. The number of fused-ring (bicyclic) bond motifs is 1. The van der Waals surface area contributed by atoms with Crippen LogP contribution in [0.5, 0.6) is 5.75 Å². The van der Waals surface area contributed by atoms with Gasteiger partial charge in [-0.25, -0.2) is 0 Å². The second-order valence-electron chi connectivity index (χ2n) is 8.40. The van der Waals surface area contributed by atoms with Gasteiger partial charge in [-0.3, -0.25) is 9.98 Å². The number of benzene rings is 3. The van der Waals surface area contributed by atoms with E-state index in [1.54, 1.807) is 7.11 Å². The molecule has 0 aliphatic carbocycles. The van der Waals surface area contributed by atoms with Crippen molar-refractivity contribution < 1.29 is 4.74 Å². The van der Waals surface area contributed by atoms with Crippen LogP contribution in [0.15, 0.2) is 95.8 Å². The first-order valence-corrected chi connectivity index (χ1v) is 11.6. The third-order valence-corrected chi connectivity index (χ3v) is 6.02. The van der Waals surface area contributed by atoms with Gasteiger partial charge in [-0.05, 0) is 49.7 Å². The van der Waals surface area contributed by atoms with E-state index in [9.17, 15) is 0 Å². The highest BCUT2D eigenvalue weighted by molar-refractivity contribution is 5.89. The summed E-state index contributed by atoms with van der Waals surface area (Å²) in [5, 5.41) is 2.17. The van der Waals surface area contributed by atoms with Gasteiger partial charge in [0.15, 0.2) is 0 Å². The largest absolute Gasteiger partial charge is 0.497 e. The lowest BCUT2D eigenvalue weighted by atomic mass is 9.87. The quantitative estimate of drug-likeness (QED) is 0.328. The summed E-state index contributed by atoms with van der Waals surface area (Å²) < 4.78 is 5.25. The Morgan fingerprint density at radius 3 is 2.31 bits per heavy atom. The van der Waals surface area contributed by atoms with E-state index >= 15 is 0 Å². The van der Waals surface area contributed by atoms with E-state index in [0.29, 0.717) is 0 Å². The highest BCUT2D eigenvalue weighted by Crippen LogP contribution is 2.33. The standard InChI is InChI=1S/C32H24N2O/c1-23-7-9-24(10-8-23)14-18-31-29-6-4-3-5-26(29)22-34-32(31)30-19-20-33-21-27(30)15-11-25-12-16-28(35-2)17-13-25/h3-10,12-13,16-17,20-22,30H,19H2,1-2H3. The van der Waals surface area contributed by atoms with E-state index in [1.165, 1.54) is 5.56 Å². The van der Waals surface area contributed by atoms with Gasteiger partial charge in [0.2, 0.25) is 0 Å². The minimum Gasteiger partial charge on any atom is -0.497 e. The number of hydrogen-bond donors (Lipinski definition) is 0. The molecule has 1 aromatic heterocycles. The fourth-order valence-electron chi connectivity index (χ4n) is 4.06. The number of allylic oxidation sites excluding steroid dienone is 1. The smallest absolute Gasteiger partial charge is 0.118 e. The van der Waals surface area contributed by atoms with Gasteiger partial charge in [-0.15, -0.1) is 0 Å². The number of ether oxygens (including phenoxy) is 1. The van der Waals surface area contributed by atoms with Crippen molar-refractivity contribution in [1.82, 2.24) is 4.98 Å². The maximum atomic E-state index is 5.25. The fraction of sp³-hybridized carbons (Fsp3) is 0.125. The Bertz CT molecular complexity index is 1550. The van der Waals surface area contributed by atoms with Gasteiger partial charge in [-0.2, -0.15) is 0 Å². The van der Waals surface area contributed by atoms with Crippen molar-refractivity contribution in [1.29, 1.82) is 0 Å². The Labute approximate surface area is 206 Å². The van der Waals surface area contributed by atoms with Gasteiger partial charge in [0, 0.05) is 52.0 Å². The summed E-state index contributed by atoms with van der Waals surface area (Å²) in [6.07, 6.45) is 6.44. The third kappa shape index (κ3) is 5.01. The van der Waals surface area contributed by atoms with Crippen molar-refractivity contribution >= 4 is 17.0 Å². The molecular formula is C32H24N2O. The molecule has 0 radical (unpaired) electrons. The zero-order valence-corrected chi connectivity index (χ0v) is 19.7. The van der Waals surface area contributed by atoms with E-state index in [-0.39, 0.29) is 5.92 Å². The van der Waals surface area contributed by atoms with Crippen LogP contribution in [0.3, 0.4) is 0 Å². The molecule has 3 heteroatoms. The predicted octanol–water partition coefficient (Wildman–Crippen LogP) is 6.45. The molecule has 1 unspecified atom stereocenters. The first-order chi connectivity index (χ1) is 17.2. The van der Waals surface area contributed by atoms with E-state index < -0.39 is 0 Å². The first kappa shape index (κ1) is 22.2. The molecule has 0 spiro atoms. The van der Waals surface area contributed by atoms with Crippen LogP contribution in [0.1, 0.15) is 40.3 Å². The molecule has 0 fully saturated rings. The maximum Gasteiger partial charge on any atom is 0.118 e. The summed E-state index contributed by atoms with van der Waals surface area (Å²) in [7, 11) is 1.66. The molecule has 3 aromatic carbocycles. The van der Waals surface area contributed by atoms with Crippen molar-refractivity contribution in [3.63, 3.8) is 0 Å². The van der Waals surface area contributed by atoms with Crippen LogP contribution in [0, 0.1) is 30.6 Å². The van der Waals surface area contributed by atoms with Crippen molar-refractivity contribution in [3.05, 3.63) is 119 Å². The van der Waals surface area contributed by atoms with E-state index in [1.807, 2.05) is 55.0 Å². The molecule has 0 amide bonds. The van der Waals surface area contributed by atoms with Crippen LogP contribution in [-0.2, 0) is 0 Å². The van der Waals surface area contributed by atoms with Crippen LogP contribution < -0.4 is 4.74 Å². The van der Waals surface area contributed by atoms with Gasteiger partial charge < -0.3 is 4.74 Å². The summed E-state index contributed by atoms with van der Waals surface area (Å²) in [6.45, 7) is 2.08. The van der Waals surface area contributed by atoms with Crippen LogP contribution in [0.25, 0.3) is 10.8 Å². The fourth-order valence-corrected chi connectivity index (χ4v) is 4.06. The minimum absolute atomic E-state index is 0.00910. The van der Waals surface area contributed by atoms with Gasteiger partial charge in [0.05, 0.1) is 18.4 Å². The summed E-state index contributed by atoms with van der Waals surface area (Å²) in [6, 6.07) is 24.3. The van der Waals surface area contributed by atoms with Crippen LogP contribution >= 0.6 is 0 Å². The van der Waals surface area contributed by atoms with Crippen LogP contribution in [-0.4, -0.2) is 18.3 Å². The SMILES string of the molecule is COc1ccc(C#CC2=CN=CCC2c2ncc3ccccc3c2C#Cc2ccc(C)cc2)cc1. The zero-order valence-electron chi connectivity index (χ0n) is 19.7. The molecule has 0 bridgehead atoms. The maximum absolute atomic E-state index is 5.25. The number of pyridine rings is 1. The third-order valence-electron chi connectivity index (χ3n) is 6.02. The summed E-state index contributed by atoms with van der Waals surface area (Å²) >= 11 is 0. The van der Waals surface area contributed by atoms with Crippen LogP contribution in [0.2, 0.25) is 0 Å². The number of methoxy groups -OCH3 is 1. The predicted molar refractivity (Wildman–Crippen MR) is 143 cm³/mol. The molecule has 0 saturated heterocycles. The van der Waals surface area contributed by atoms with Crippen molar-refractivity contribution in [2.75, 3.05) is 7.11 Å². The molecule has 0 N–H and O–H groups in total. The first-order valence-electron chi connectivity index (χ1n) is 11.6. The van der Waals surface area contributed by atoms with E-state index in [4.69, 9.17) is 9.72 Å². The Hall–Kier alpha value is -4.60. The summed E-state index contributed by atoms with van der Waals surface area (Å²) in [5.74, 6) is 14.2. The highest BCUT2D eigenvalue weighted by atomic mass is 16.5. The molecular weight excluding hydrogens is 428 g/mol. The number of hydrogen-bond acceptors (Lipinski definition) is 3. The Morgan fingerprint density at radius 2 is 1.54 bits per heavy atom. The van der Waals surface area contributed by atoms with Gasteiger partial charge in [0.25, 0.3) is 0 Å². The second-order valence-corrected chi connectivity index (χ2v) is 8.40. The highest BCUT2D eigenvalue weighted by Gasteiger charge is 2.22. The van der Waals surface area contributed by atoms with Gasteiger partial charge in [-0.1, -0.05) is 65.6 Å². The normalized spacial score (nSPS) is 14.3. The van der Waals surface area contributed by atoms with Crippen LogP contribution in [0.4, 0.5) is 0 Å². The average molecular weight is 453 g/mol. The molecule has 1 aliphatic heterocycles. The molecule has 2 heterocycles. The number of aromatic nitrogens is 1. The number of aryl methyl sites for hydroxylation is 1. The van der Waals surface area contributed by atoms with E-state index in [2.05, 4.69) is 72.0 Å². The molecule has 0 saturated carbocycles. The molecule has 3 nitrogen and oxygen atoms in total. The molecule has 4 aromatic rings. The Balaban J connectivity index is 1.57. The van der Waals surface area contributed by atoms with Crippen molar-refractivity contribution in [2.24, 2.45) is 4.99 Å². The Morgan fingerprint density at radius 1 is 0.829 bits per heavy atom. The van der Waals surface area contributed by atoms with Crippen molar-refractivity contribution in [3.8, 4) is 29.4 Å². The lowest BCUT2D eigenvalue weighted by Crippen LogP contribution is -2.10. The topological polar surface area (TPSA) is 34.5 Å². The number of rotatable bonds is 2. The van der Waals surface area contributed by atoms with Gasteiger partial charge in [0.1, 0.15) is 5.75 Å². The average Bonchev–Trinajstić information content (AvgIpc) is 2.92. The molecule has 1 atom stereocenters. The number of aliphatic imine (C=N–C) groups is 1. The van der Waals surface area contributed by atoms with E-state index in [0.717, 1.165) is 50.9 Å². The second kappa shape index (κ2) is 10.1.